The number of carboxylic acids is 1. The van der Waals surface area contributed by atoms with Crippen molar-refractivity contribution in [3.63, 3.8) is 0 Å². The third-order valence-corrected chi connectivity index (χ3v) is 7.19. The Morgan fingerprint density at radius 2 is 1.94 bits per heavy atom. The van der Waals surface area contributed by atoms with Crippen LogP contribution in [0.4, 0.5) is 0 Å². The van der Waals surface area contributed by atoms with Gasteiger partial charge in [0.05, 0.1) is 11.6 Å². The molecule has 2 aromatic carbocycles. The number of benzene rings is 2. The molecule has 2 aromatic rings. The second-order valence-corrected chi connectivity index (χ2v) is 9.53. The van der Waals surface area contributed by atoms with Gasteiger partial charge in [0.25, 0.3) is 0 Å². The Hall–Kier alpha value is -2.68. The zero-order valence-electron chi connectivity index (χ0n) is 18.7. The van der Waals surface area contributed by atoms with Crippen molar-refractivity contribution in [2.24, 2.45) is 5.41 Å². The van der Waals surface area contributed by atoms with E-state index in [1.54, 1.807) is 6.07 Å². The maximum absolute atomic E-state index is 11.4. The van der Waals surface area contributed by atoms with Crippen LogP contribution in [-0.4, -0.2) is 48.2 Å². The van der Waals surface area contributed by atoms with Gasteiger partial charge in [-0.2, -0.15) is 5.26 Å². The van der Waals surface area contributed by atoms with Gasteiger partial charge in [-0.1, -0.05) is 42.5 Å². The molecule has 32 heavy (non-hydrogen) atoms. The minimum Gasteiger partial charge on any atom is -0.478 e. The van der Waals surface area contributed by atoms with Crippen LogP contribution in [0.1, 0.15) is 59.5 Å². The molecule has 0 bridgehead atoms. The first-order valence-electron chi connectivity index (χ1n) is 11.8. The number of hydrogen-bond acceptors (Lipinski definition) is 4. The van der Waals surface area contributed by atoms with Gasteiger partial charge in [0, 0.05) is 24.9 Å². The number of nitrogens with one attached hydrogen (secondary N) is 1. The van der Waals surface area contributed by atoms with Crippen LogP contribution in [-0.2, 0) is 6.42 Å². The molecule has 5 heteroatoms. The van der Waals surface area contributed by atoms with Crippen molar-refractivity contribution in [3.8, 4) is 6.07 Å². The Morgan fingerprint density at radius 3 is 2.66 bits per heavy atom. The molecule has 0 spiro atoms. The number of unbranched alkanes of at least 4 members (excludes halogenated alkanes) is 1. The number of carbonyl (C=O) groups is 1. The molecule has 1 heterocycles. The average Bonchev–Trinajstić information content (AvgIpc) is 3.60. The van der Waals surface area contributed by atoms with Crippen LogP contribution in [0.5, 0.6) is 0 Å². The van der Waals surface area contributed by atoms with Gasteiger partial charge >= 0.3 is 5.97 Å². The van der Waals surface area contributed by atoms with Crippen LogP contribution >= 0.6 is 0 Å². The van der Waals surface area contributed by atoms with Crippen molar-refractivity contribution in [2.45, 2.75) is 50.5 Å². The van der Waals surface area contributed by atoms with E-state index in [0.717, 1.165) is 57.4 Å². The molecule has 0 aromatic heterocycles. The zero-order chi connectivity index (χ0) is 22.4. The summed E-state index contributed by atoms with van der Waals surface area (Å²) in [5, 5.41) is 22.1. The molecule has 1 aliphatic heterocycles. The number of nitrogens with zero attached hydrogens (tertiary/aromatic N) is 2. The predicted molar refractivity (Wildman–Crippen MR) is 126 cm³/mol. The van der Waals surface area contributed by atoms with E-state index in [4.69, 9.17) is 5.26 Å². The summed E-state index contributed by atoms with van der Waals surface area (Å²) in [5.41, 5.74) is 3.03. The first-order chi connectivity index (χ1) is 15.6. The summed E-state index contributed by atoms with van der Waals surface area (Å²) in [6.45, 7) is 4.03. The van der Waals surface area contributed by atoms with E-state index < -0.39 is 5.97 Å². The summed E-state index contributed by atoms with van der Waals surface area (Å²) in [5.74, 6) is -0.260. The molecule has 5 nitrogen and oxygen atoms in total. The molecule has 0 amide bonds. The number of nitriles is 1. The Kier molecular flexibility index (Phi) is 7.24. The normalized spacial score (nSPS) is 22.2. The van der Waals surface area contributed by atoms with E-state index >= 15 is 0 Å². The Balaban J connectivity index is 1.41. The molecule has 4 rings (SSSR count). The molecule has 2 atom stereocenters. The minimum atomic E-state index is -0.866. The Labute approximate surface area is 191 Å². The van der Waals surface area contributed by atoms with Crippen LogP contribution in [0.15, 0.2) is 54.6 Å². The maximum atomic E-state index is 11.4. The highest BCUT2D eigenvalue weighted by Crippen LogP contribution is 2.42. The second kappa shape index (κ2) is 10.3. The van der Waals surface area contributed by atoms with Crippen LogP contribution in [0.3, 0.4) is 0 Å². The van der Waals surface area contributed by atoms with Crippen molar-refractivity contribution in [3.05, 3.63) is 71.3 Å². The second-order valence-electron chi connectivity index (χ2n) is 9.53. The van der Waals surface area contributed by atoms with Crippen LogP contribution in [0, 0.1) is 16.7 Å². The first-order valence-corrected chi connectivity index (χ1v) is 11.8. The number of rotatable bonds is 10. The molecule has 1 saturated carbocycles. The van der Waals surface area contributed by atoms with Gasteiger partial charge in [-0.25, -0.2) is 4.79 Å². The quantitative estimate of drug-likeness (QED) is 0.543. The lowest BCUT2D eigenvalue weighted by Gasteiger charge is -2.42. The highest BCUT2D eigenvalue weighted by molar-refractivity contribution is 5.87. The molecule has 2 N–H and O–H groups in total. The van der Waals surface area contributed by atoms with Gasteiger partial charge in [0.2, 0.25) is 0 Å². The third-order valence-electron chi connectivity index (χ3n) is 7.19. The summed E-state index contributed by atoms with van der Waals surface area (Å²) in [6, 6.07) is 21.0. The fraction of sp³-hybridized carbons (Fsp3) is 0.481. The molecule has 1 aliphatic carbocycles. The average molecular weight is 432 g/mol. The van der Waals surface area contributed by atoms with Crippen LogP contribution in [0.25, 0.3) is 0 Å². The maximum Gasteiger partial charge on any atom is 0.335 e. The van der Waals surface area contributed by atoms with E-state index in [0.29, 0.717) is 23.9 Å². The van der Waals surface area contributed by atoms with E-state index in [1.807, 2.05) is 12.1 Å². The summed E-state index contributed by atoms with van der Waals surface area (Å²) in [4.78, 5) is 13.9. The fourth-order valence-corrected chi connectivity index (χ4v) is 5.13. The molecule has 2 aliphatic rings. The molecule has 1 saturated heterocycles. The monoisotopic (exact) mass is 431 g/mol. The highest BCUT2D eigenvalue weighted by atomic mass is 16.4. The lowest BCUT2D eigenvalue weighted by Crippen LogP contribution is -2.47. The number of hydrogen-bond donors (Lipinski definition) is 2. The first kappa shape index (κ1) is 22.5. The number of carboxylic acid groups (broad SMARTS) is 1. The number of piperidine rings is 1. The molecule has 0 radical (unpaired) electrons. The van der Waals surface area contributed by atoms with Crippen molar-refractivity contribution >= 4 is 5.97 Å². The van der Waals surface area contributed by atoms with Crippen LogP contribution < -0.4 is 5.32 Å². The van der Waals surface area contributed by atoms with Crippen molar-refractivity contribution in [2.75, 3.05) is 26.2 Å². The molecular formula is C27H33N3O2. The molecular weight excluding hydrogens is 398 g/mol. The van der Waals surface area contributed by atoms with Crippen LogP contribution in [0.2, 0.25) is 0 Å². The Morgan fingerprint density at radius 1 is 1.16 bits per heavy atom. The predicted octanol–water partition coefficient (Wildman–Crippen LogP) is 4.46. The standard InChI is InChI=1S/C27H33N3O2/c28-13-4-5-14-30-15-11-27(12-16-30,19-21-7-6-10-23(17-21)26(31)32)20-29-25-18-24(25)22-8-2-1-3-9-22/h1-3,6-10,17,24-25,29H,4-5,11-12,14-16,18-20H2,(H,31,32)/t24?,25-/m1/s1. The molecule has 168 valence electrons. The van der Waals surface area contributed by atoms with Crippen molar-refractivity contribution in [1.82, 2.24) is 10.2 Å². The van der Waals surface area contributed by atoms with E-state index in [-0.39, 0.29) is 5.41 Å². The van der Waals surface area contributed by atoms with E-state index in [9.17, 15) is 9.90 Å². The van der Waals surface area contributed by atoms with Gasteiger partial charge in [0.1, 0.15) is 0 Å². The van der Waals surface area contributed by atoms with E-state index in [2.05, 4.69) is 52.7 Å². The van der Waals surface area contributed by atoms with Gasteiger partial charge < -0.3 is 15.3 Å². The SMILES string of the molecule is N#CCCCN1CCC(CN[C@@H]2CC2c2ccccc2)(Cc2cccc(C(=O)O)c2)CC1. The van der Waals surface area contributed by atoms with Crippen molar-refractivity contribution < 1.29 is 9.90 Å². The zero-order valence-corrected chi connectivity index (χ0v) is 18.7. The smallest absolute Gasteiger partial charge is 0.335 e. The number of likely N-dealkylation sites (tertiary alicyclic amines) is 1. The minimum absolute atomic E-state index is 0.132. The summed E-state index contributed by atoms with van der Waals surface area (Å²) in [6.07, 6.45) is 5.82. The van der Waals surface area contributed by atoms with Gasteiger partial charge in [-0.05, 0) is 80.4 Å². The lowest BCUT2D eigenvalue weighted by atomic mass is 9.73. The van der Waals surface area contributed by atoms with Gasteiger partial charge in [-0.3, -0.25) is 0 Å². The van der Waals surface area contributed by atoms with Gasteiger partial charge in [-0.15, -0.1) is 0 Å². The summed E-state index contributed by atoms with van der Waals surface area (Å²) >= 11 is 0. The highest BCUT2D eigenvalue weighted by Gasteiger charge is 2.41. The molecule has 2 fully saturated rings. The number of aromatic carboxylic acids is 1. The lowest BCUT2D eigenvalue weighted by molar-refractivity contribution is 0.0696. The Bertz CT molecular complexity index is 945. The molecule has 1 unspecified atom stereocenters. The topological polar surface area (TPSA) is 76.4 Å². The van der Waals surface area contributed by atoms with Gasteiger partial charge in [0.15, 0.2) is 0 Å². The van der Waals surface area contributed by atoms with Crippen molar-refractivity contribution in [1.29, 1.82) is 5.26 Å². The largest absolute Gasteiger partial charge is 0.478 e. The fourth-order valence-electron chi connectivity index (χ4n) is 5.13. The summed E-state index contributed by atoms with van der Waals surface area (Å²) < 4.78 is 0. The summed E-state index contributed by atoms with van der Waals surface area (Å²) in [7, 11) is 0. The third kappa shape index (κ3) is 5.76. The van der Waals surface area contributed by atoms with E-state index in [1.165, 1.54) is 12.0 Å².